The summed E-state index contributed by atoms with van der Waals surface area (Å²) in [6.07, 6.45) is 0.0646. The minimum absolute atomic E-state index is 0.169. The fourth-order valence-corrected chi connectivity index (χ4v) is 6.60. The average Bonchev–Trinajstić information content (AvgIpc) is 2.38. The van der Waals surface area contributed by atoms with Crippen molar-refractivity contribution in [2.24, 2.45) is 0 Å². The van der Waals surface area contributed by atoms with Gasteiger partial charge in [0.1, 0.15) is 0 Å². The molecular formula is C13H17I4NO3. The number of halogens is 4. The third-order valence-electron chi connectivity index (χ3n) is 2.56. The fourth-order valence-electron chi connectivity index (χ4n) is 1.59. The van der Waals surface area contributed by atoms with Gasteiger partial charge in [-0.25, -0.2) is 0 Å². The number of amides is 1. The Morgan fingerprint density at radius 1 is 1.24 bits per heavy atom. The summed E-state index contributed by atoms with van der Waals surface area (Å²) in [6, 6.07) is 7.56. The molecule has 0 aliphatic heterocycles. The van der Waals surface area contributed by atoms with Gasteiger partial charge in [0.05, 0.1) is 0 Å². The summed E-state index contributed by atoms with van der Waals surface area (Å²) < 4.78 is 5.39. The average molecular weight is 743 g/mol. The van der Waals surface area contributed by atoms with E-state index >= 15 is 0 Å². The second kappa shape index (κ2) is 10.1. The molecule has 1 atom stereocenters. The van der Waals surface area contributed by atoms with Gasteiger partial charge in [-0.2, -0.15) is 0 Å². The van der Waals surface area contributed by atoms with Crippen LogP contribution in [0.3, 0.4) is 0 Å². The molecule has 0 saturated carbocycles. The van der Waals surface area contributed by atoms with Gasteiger partial charge in [0, 0.05) is 0 Å². The van der Waals surface area contributed by atoms with E-state index in [4.69, 9.17) is 3.07 Å². The van der Waals surface area contributed by atoms with E-state index in [1.807, 2.05) is 41.1 Å². The summed E-state index contributed by atoms with van der Waals surface area (Å²) in [7, 11) is 0. The topological polar surface area (TPSA) is 55.4 Å². The van der Waals surface area contributed by atoms with Crippen molar-refractivity contribution < 1.29 is 12.7 Å². The quantitative estimate of drug-likeness (QED) is 0.253. The number of hydrogen-bond donors (Lipinski definition) is 1. The van der Waals surface area contributed by atoms with Gasteiger partial charge in [-0.05, 0) is 0 Å². The predicted molar refractivity (Wildman–Crippen MR) is 121 cm³/mol. The van der Waals surface area contributed by atoms with Crippen molar-refractivity contribution in [2.45, 2.75) is 19.4 Å². The number of benzene rings is 1. The van der Waals surface area contributed by atoms with Crippen molar-refractivity contribution in [2.75, 3.05) is 9.86 Å². The Balaban J connectivity index is 2.79. The zero-order valence-corrected chi connectivity index (χ0v) is 20.5. The van der Waals surface area contributed by atoms with Crippen LogP contribution in [0.4, 0.5) is 4.79 Å². The van der Waals surface area contributed by atoms with E-state index < -0.39 is 44.2 Å². The van der Waals surface area contributed by atoms with Crippen molar-refractivity contribution in [3.63, 3.8) is 0 Å². The first-order valence-electron chi connectivity index (χ1n) is 5.91. The molecule has 0 aliphatic rings. The maximum absolute atomic E-state index is 12.3. The Hall–Kier alpha value is 1.08. The summed E-state index contributed by atoms with van der Waals surface area (Å²) in [5.74, 6) is 0. The van der Waals surface area contributed by atoms with Gasteiger partial charge in [0.25, 0.3) is 0 Å². The van der Waals surface area contributed by atoms with Crippen LogP contribution in [-0.4, -0.2) is 25.8 Å². The van der Waals surface area contributed by atoms with Gasteiger partial charge in [-0.15, -0.1) is 0 Å². The first kappa shape index (κ1) is 20.1. The van der Waals surface area contributed by atoms with Crippen LogP contribution in [0.15, 0.2) is 24.3 Å². The number of alkyl halides is 2. The summed E-state index contributed by atoms with van der Waals surface area (Å²) in [4.78, 5) is 28.1. The molecule has 0 spiro atoms. The van der Waals surface area contributed by atoms with Gasteiger partial charge >= 0.3 is 162 Å². The number of nitrogens with one attached hydrogen (secondary N) is 1. The molecule has 8 heteroatoms. The van der Waals surface area contributed by atoms with Gasteiger partial charge in [-0.3, -0.25) is 0 Å². The number of carbonyl (C=O) groups is 2. The third-order valence-corrected chi connectivity index (χ3v) is 9.60. The molecule has 1 amide bonds. The van der Waals surface area contributed by atoms with E-state index in [2.05, 4.69) is 42.5 Å². The fraction of sp³-hybridized carbons (Fsp3) is 0.385. The molecule has 120 valence electrons. The number of carbonyl (C=O) groups excluding carboxylic acids is 2. The molecular weight excluding hydrogens is 726 g/mol. The molecule has 0 radical (unpaired) electrons. The molecule has 0 heterocycles. The van der Waals surface area contributed by atoms with Crippen molar-refractivity contribution in [3.05, 3.63) is 35.4 Å². The zero-order chi connectivity index (χ0) is 16.0. The van der Waals surface area contributed by atoms with E-state index in [-0.39, 0.29) is 3.79 Å². The Morgan fingerprint density at radius 3 is 2.29 bits per heavy atom. The van der Waals surface area contributed by atoms with E-state index in [0.717, 1.165) is 5.56 Å². The van der Waals surface area contributed by atoms with E-state index in [9.17, 15) is 9.59 Å². The van der Waals surface area contributed by atoms with Crippen LogP contribution in [0, 0.1) is 6.92 Å². The monoisotopic (exact) mass is 743 g/mol. The molecule has 1 aromatic carbocycles. The number of aryl methyl sites for hydroxylation is 1. The summed E-state index contributed by atoms with van der Waals surface area (Å²) in [6.45, 7) is 2.02. The molecule has 0 bridgehead atoms. The second-order valence-corrected chi connectivity index (χ2v) is 26.1. The van der Waals surface area contributed by atoms with Gasteiger partial charge < -0.3 is 0 Å². The number of hydrogen-bond acceptors (Lipinski definition) is 3. The molecule has 21 heavy (non-hydrogen) atoms. The van der Waals surface area contributed by atoms with Gasteiger partial charge in [0.2, 0.25) is 0 Å². The van der Waals surface area contributed by atoms with E-state index in [1.54, 1.807) is 0 Å². The first-order chi connectivity index (χ1) is 9.79. The van der Waals surface area contributed by atoms with E-state index in [0.29, 0.717) is 6.42 Å². The van der Waals surface area contributed by atoms with Crippen LogP contribution in [0.5, 0.6) is 0 Å². The van der Waals surface area contributed by atoms with Crippen LogP contribution in [0.1, 0.15) is 11.1 Å². The predicted octanol–water partition coefficient (Wildman–Crippen LogP) is 5.05. The van der Waals surface area contributed by atoms with Crippen LogP contribution in [0.25, 0.3) is 0 Å². The summed E-state index contributed by atoms with van der Waals surface area (Å²) >= 11 is 1.08. The van der Waals surface area contributed by atoms with Gasteiger partial charge in [0.15, 0.2) is 0 Å². The van der Waals surface area contributed by atoms with Crippen molar-refractivity contribution in [1.29, 1.82) is 0 Å². The van der Waals surface area contributed by atoms with Crippen LogP contribution in [0.2, 0.25) is 0 Å². The minimum atomic E-state index is -1.67. The normalized spacial score (nSPS) is 13.2. The van der Waals surface area contributed by atoms with Crippen LogP contribution >= 0.6 is 69.3 Å². The Kier molecular flexibility index (Phi) is 9.63. The molecule has 0 unspecified atom stereocenters. The third kappa shape index (κ3) is 7.94. The standard InChI is InChI=1S/C13H17I4NO3/c1-9-4-6-10(7-5-9)8-11(12(19)16(2)14)18-13(20)21-17(3)15/h4-7,11H,8H2,1-3H3,(H,18,20)/t11-/m0/s1. The summed E-state index contributed by atoms with van der Waals surface area (Å²) in [5, 5.41) is 2.75. The van der Waals surface area contributed by atoms with Crippen molar-refractivity contribution in [1.82, 2.24) is 5.32 Å². The molecule has 1 aromatic rings. The molecule has 4 nitrogen and oxygen atoms in total. The Labute approximate surface area is 159 Å². The maximum atomic E-state index is 12.3. The zero-order valence-electron chi connectivity index (χ0n) is 11.8. The molecule has 0 aliphatic carbocycles. The molecule has 1 N–H and O–H groups in total. The van der Waals surface area contributed by atoms with Crippen LogP contribution in [-0.2, 0) is 14.3 Å². The molecule has 0 fully saturated rings. The van der Waals surface area contributed by atoms with Gasteiger partial charge in [-0.1, -0.05) is 0 Å². The van der Waals surface area contributed by atoms with E-state index in [1.165, 1.54) is 5.56 Å². The number of rotatable bonds is 6. The Bertz CT molecular complexity index is 491. The molecule has 0 aromatic heterocycles. The van der Waals surface area contributed by atoms with Crippen LogP contribution < -0.4 is 5.32 Å². The second-order valence-electron chi connectivity index (χ2n) is 4.31. The van der Waals surface area contributed by atoms with Crippen molar-refractivity contribution in [3.8, 4) is 0 Å². The molecule has 0 saturated heterocycles. The first-order valence-corrected chi connectivity index (χ1v) is 24.8. The van der Waals surface area contributed by atoms with Crippen molar-refractivity contribution >= 4 is 79.2 Å². The Morgan fingerprint density at radius 2 is 1.81 bits per heavy atom. The molecule has 1 rings (SSSR count). The SMILES string of the molecule is Cc1ccc(C[C@H](NC(=O)OI(C)I)C(=O)I(C)I)cc1. The summed E-state index contributed by atoms with van der Waals surface area (Å²) in [5.41, 5.74) is 2.23.